The number of halogens is 2. The van der Waals surface area contributed by atoms with Crippen molar-refractivity contribution in [3.63, 3.8) is 0 Å². The van der Waals surface area contributed by atoms with Crippen LogP contribution >= 0.6 is 0 Å². The maximum atomic E-state index is 12.3. The molecule has 5 heteroatoms. The standard InChI is InChI=1S/C11H22F2N2O/c1-3-14-11(8-16)5-4-9(6-11)15(2)7-10(12)13/h9-10,14,16H,3-8H2,1-2H3. The molecular formula is C11H22F2N2O. The number of aliphatic hydroxyl groups is 1. The van der Waals surface area contributed by atoms with Gasteiger partial charge in [0.15, 0.2) is 0 Å². The zero-order valence-corrected chi connectivity index (χ0v) is 10.0. The molecule has 3 nitrogen and oxygen atoms in total. The maximum Gasteiger partial charge on any atom is 0.251 e. The molecule has 0 radical (unpaired) electrons. The predicted molar refractivity (Wildman–Crippen MR) is 59.8 cm³/mol. The van der Waals surface area contributed by atoms with Crippen LogP contribution in [0.4, 0.5) is 8.78 Å². The Morgan fingerprint density at radius 3 is 2.75 bits per heavy atom. The van der Waals surface area contributed by atoms with Crippen molar-refractivity contribution in [2.45, 2.75) is 44.2 Å². The molecule has 1 saturated carbocycles. The lowest BCUT2D eigenvalue weighted by atomic mass is 9.98. The normalized spacial score (nSPS) is 30.6. The summed E-state index contributed by atoms with van der Waals surface area (Å²) in [6.45, 7) is 2.69. The van der Waals surface area contributed by atoms with Gasteiger partial charge in [-0.2, -0.15) is 0 Å². The van der Waals surface area contributed by atoms with Crippen molar-refractivity contribution in [2.24, 2.45) is 0 Å². The maximum absolute atomic E-state index is 12.3. The monoisotopic (exact) mass is 236 g/mol. The summed E-state index contributed by atoms with van der Waals surface area (Å²) in [5.74, 6) is 0. The lowest BCUT2D eigenvalue weighted by Gasteiger charge is -2.30. The molecule has 0 bridgehead atoms. The SMILES string of the molecule is CCNC1(CO)CCC(N(C)CC(F)F)C1. The summed E-state index contributed by atoms with van der Waals surface area (Å²) in [6.07, 6.45) is 0.195. The minimum atomic E-state index is -2.28. The second kappa shape index (κ2) is 5.89. The third-order valence-electron chi connectivity index (χ3n) is 3.49. The first-order valence-electron chi connectivity index (χ1n) is 5.87. The summed E-state index contributed by atoms with van der Waals surface area (Å²) >= 11 is 0. The fourth-order valence-electron chi connectivity index (χ4n) is 2.58. The highest BCUT2D eigenvalue weighted by molar-refractivity contribution is 4.98. The fourth-order valence-corrected chi connectivity index (χ4v) is 2.58. The minimum absolute atomic E-state index is 0.0832. The van der Waals surface area contributed by atoms with Crippen LogP contribution in [0.1, 0.15) is 26.2 Å². The third-order valence-corrected chi connectivity index (χ3v) is 3.49. The van der Waals surface area contributed by atoms with Crippen LogP contribution in [0.15, 0.2) is 0 Å². The largest absolute Gasteiger partial charge is 0.394 e. The molecule has 1 rings (SSSR count). The Bertz CT molecular complexity index is 216. The molecule has 2 atom stereocenters. The number of rotatable bonds is 6. The third kappa shape index (κ3) is 3.37. The molecule has 0 aromatic carbocycles. The molecule has 0 heterocycles. The van der Waals surface area contributed by atoms with Crippen molar-refractivity contribution in [2.75, 3.05) is 26.7 Å². The Hall–Kier alpha value is -0.260. The van der Waals surface area contributed by atoms with Gasteiger partial charge in [0.1, 0.15) is 0 Å². The Morgan fingerprint density at radius 1 is 1.56 bits per heavy atom. The van der Waals surface area contributed by atoms with Gasteiger partial charge >= 0.3 is 0 Å². The highest BCUT2D eigenvalue weighted by Crippen LogP contribution is 2.32. The molecule has 0 amide bonds. The fraction of sp³-hybridized carbons (Fsp3) is 1.00. The Balaban J connectivity index is 2.49. The molecule has 1 fully saturated rings. The van der Waals surface area contributed by atoms with E-state index in [0.29, 0.717) is 0 Å². The first-order valence-corrected chi connectivity index (χ1v) is 5.87. The van der Waals surface area contributed by atoms with Gasteiger partial charge in [-0.3, -0.25) is 4.90 Å². The summed E-state index contributed by atoms with van der Waals surface area (Å²) in [4.78, 5) is 1.71. The average Bonchev–Trinajstić information content (AvgIpc) is 2.63. The van der Waals surface area contributed by atoms with Gasteiger partial charge in [0.25, 0.3) is 6.43 Å². The number of hydrogen-bond acceptors (Lipinski definition) is 3. The second-order valence-electron chi connectivity index (χ2n) is 4.70. The highest BCUT2D eigenvalue weighted by atomic mass is 19.3. The summed E-state index contributed by atoms with van der Waals surface area (Å²) in [6, 6.07) is 0.153. The molecule has 0 aromatic heterocycles. The molecule has 2 N–H and O–H groups in total. The number of alkyl halides is 2. The average molecular weight is 236 g/mol. The van der Waals surface area contributed by atoms with E-state index in [4.69, 9.17) is 0 Å². The van der Waals surface area contributed by atoms with E-state index in [2.05, 4.69) is 5.32 Å². The van der Waals surface area contributed by atoms with Gasteiger partial charge in [-0.05, 0) is 32.9 Å². The topological polar surface area (TPSA) is 35.5 Å². The number of nitrogens with one attached hydrogen (secondary N) is 1. The second-order valence-corrected chi connectivity index (χ2v) is 4.70. The number of nitrogens with zero attached hydrogens (tertiary/aromatic N) is 1. The molecule has 0 spiro atoms. The van der Waals surface area contributed by atoms with E-state index >= 15 is 0 Å². The van der Waals surface area contributed by atoms with E-state index in [1.807, 2.05) is 6.92 Å². The predicted octanol–water partition coefficient (Wildman–Crippen LogP) is 1.08. The quantitative estimate of drug-likeness (QED) is 0.724. The Morgan fingerprint density at radius 2 is 2.25 bits per heavy atom. The smallest absolute Gasteiger partial charge is 0.251 e. The van der Waals surface area contributed by atoms with Crippen LogP contribution in [0, 0.1) is 0 Å². The van der Waals surface area contributed by atoms with Crippen LogP contribution in [-0.2, 0) is 0 Å². The van der Waals surface area contributed by atoms with Gasteiger partial charge in [-0.1, -0.05) is 6.92 Å². The van der Waals surface area contributed by atoms with Crippen LogP contribution in [-0.4, -0.2) is 54.8 Å². The van der Waals surface area contributed by atoms with Gasteiger partial charge in [0, 0.05) is 11.6 Å². The van der Waals surface area contributed by atoms with E-state index in [0.717, 1.165) is 25.8 Å². The van der Waals surface area contributed by atoms with E-state index in [9.17, 15) is 13.9 Å². The van der Waals surface area contributed by atoms with Crippen molar-refractivity contribution < 1.29 is 13.9 Å². The van der Waals surface area contributed by atoms with Crippen LogP contribution < -0.4 is 5.32 Å². The minimum Gasteiger partial charge on any atom is -0.394 e. The first-order chi connectivity index (χ1) is 7.53. The van der Waals surface area contributed by atoms with Crippen LogP contribution in [0.3, 0.4) is 0 Å². The molecule has 2 unspecified atom stereocenters. The van der Waals surface area contributed by atoms with Crippen molar-refractivity contribution >= 4 is 0 Å². The molecule has 0 saturated heterocycles. The zero-order valence-electron chi connectivity index (χ0n) is 10.0. The molecule has 0 aliphatic heterocycles. The van der Waals surface area contributed by atoms with E-state index in [1.54, 1.807) is 11.9 Å². The highest BCUT2D eigenvalue weighted by Gasteiger charge is 2.39. The zero-order chi connectivity index (χ0) is 12.2. The van der Waals surface area contributed by atoms with Crippen LogP contribution in [0.5, 0.6) is 0 Å². The molecular weight excluding hydrogens is 214 g/mol. The lowest BCUT2D eigenvalue weighted by molar-refractivity contribution is 0.0770. The van der Waals surface area contributed by atoms with E-state index in [1.165, 1.54) is 0 Å². The van der Waals surface area contributed by atoms with Crippen molar-refractivity contribution in [3.8, 4) is 0 Å². The summed E-state index contributed by atoms with van der Waals surface area (Å²) in [7, 11) is 1.73. The van der Waals surface area contributed by atoms with Gasteiger partial charge in [-0.15, -0.1) is 0 Å². The molecule has 1 aliphatic carbocycles. The molecule has 1 aliphatic rings. The number of aliphatic hydroxyl groups excluding tert-OH is 1. The van der Waals surface area contributed by atoms with Crippen molar-refractivity contribution in [3.05, 3.63) is 0 Å². The summed E-state index contributed by atoms with van der Waals surface area (Å²) in [5, 5.41) is 12.7. The van der Waals surface area contributed by atoms with Gasteiger partial charge in [0.2, 0.25) is 0 Å². The Kier molecular flexibility index (Phi) is 5.08. The van der Waals surface area contributed by atoms with Crippen molar-refractivity contribution in [1.82, 2.24) is 10.2 Å². The van der Waals surface area contributed by atoms with Gasteiger partial charge in [-0.25, -0.2) is 8.78 Å². The van der Waals surface area contributed by atoms with Crippen molar-refractivity contribution in [1.29, 1.82) is 0 Å². The van der Waals surface area contributed by atoms with Crippen LogP contribution in [0.2, 0.25) is 0 Å². The van der Waals surface area contributed by atoms with E-state index < -0.39 is 6.43 Å². The molecule has 16 heavy (non-hydrogen) atoms. The number of hydrogen-bond donors (Lipinski definition) is 2. The lowest BCUT2D eigenvalue weighted by Crippen LogP contribution is -2.47. The molecule has 0 aromatic rings. The summed E-state index contributed by atoms with van der Waals surface area (Å²) < 4.78 is 24.5. The van der Waals surface area contributed by atoms with Gasteiger partial charge in [0.05, 0.1) is 13.2 Å². The Labute approximate surface area is 95.8 Å². The van der Waals surface area contributed by atoms with Crippen LogP contribution in [0.25, 0.3) is 0 Å². The number of likely N-dealkylation sites (N-methyl/N-ethyl adjacent to an activating group) is 1. The van der Waals surface area contributed by atoms with Gasteiger partial charge < -0.3 is 10.4 Å². The summed E-state index contributed by atoms with van der Waals surface area (Å²) in [5.41, 5.74) is -0.254. The van der Waals surface area contributed by atoms with E-state index in [-0.39, 0.29) is 24.7 Å². The molecule has 96 valence electrons. The first kappa shape index (κ1) is 13.8.